The molecule has 0 aliphatic carbocycles. The van der Waals surface area contributed by atoms with Gasteiger partial charge in [-0.2, -0.15) is 0 Å². The van der Waals surface area contributed by atoms with E-state index in [2.05, 4.69) is 34.6 Å². The molecule has 0 heterocycles. The first-order valence-corrected chi connectivity index (χ1v) is 7.60. The maximum Gasteiger partial charge on any atom is -0.0440 e. The standard InChI is InChI=1S/C16H34/c1-6-8-10-15(4)11-9-12-16(5)13-14(3)7-2/h14-16H,6-13H2,1-5H3. The molecular weight excluding hydrogens is 192 g/mol. The van der Waals surface area contributed by atoms with E-state index in [4.69, 9.17) is 0 Å². The Kier molecular flexibility index (Phi) is 10.2. The van der Waals surface area contributed by atoms with Crippen molar-refractivity contribution in [1.82, 2.24) is 0 Å². The third-order valence-electron chi connectivity index (χ3n) is 3.95. The second kappa shape index (κ2) is 10.2. The highest BCUT2D eigenvalue weighted by molar-refractivity contribution is 4.60. The lowest BCUT2D eigenvalue weighted by molar-refractivity contribution is 0.358. The van der Waals surface area contributed by atoms with Crippen molar-refractivity contribution in [2.24, 2.45) is 17.8 Å². The molecule has 0 fully saturated rings. The smallest absolute Gasteiger partial charge is 0.0440 e. The van der Waals surface area contributed by atoms with Crippen LogP contribution in [-0.2, 0) is 0 Å². The molecule has 0 bridgehead atoms. The van der Waals surface area contributed by atoms with Gasteiger partial charge < -0.3 is 0 Å². The molecule has 0 amide bonds. The molecule has 16 heavy (non-hydrogen) atoms. The Morgan fingerprint density at radius 2 is 1.25 bits per heavy atom. The SMILES string of the molecule is CCCCC(C)CCCC(C)CC(C)CC. The van der Waals surface area contributed by atoms with E-state index in [1.54, 1.807) is 0 Å². The summed E-state index contributed by atoms with van der Waals surface area (Å²) in [5.74, 6) is 2.82. The van der Waals surface area contributed by atoms with Crippen molar-refractivity contribution in [3.8, 4) is 0 Å². The van der Waals surface area contributed by atoms with Gasteiger partial charge in [0.25, 0.3) is 0 Å². The number of hydrogen-bond acceptors (Lipinski definition) is 0. The Bertz CT molecular complexity index is 139. The first-order valence-electron chi connectivity index (χ1n) is 7.60. The van der Waals surface area contributed by atoms with Crippen LogP contribution in [0.2, 0.25) is 0 Å². The van der Waals surface area contributed by atoms with Gasteiger partial charge in [-0.25, -0.2) is 0 Å². The van der Waals surface area contributed by atoms with Gasteiger partial charge in [0.1, 0.15) is 0 Å². The minimum absolute atomic E-state index is 0.924. The van der Waals surface area contributed by atoms with Gasteiger partial charge in [-0.1, -0.05) is 79.6 Å². The Morgan fingerprint density at radius 1 is 0.688 bits per heavy atom. The predicted molar refractivity (Wildman–Crippen MR) is 75.8 cm³/mol. The average Bonchev–Trinajstić information content (AvgIpc) is 2.26. The molecule has 0 aliphatic rings. The van der Waals surface area contributed by atoms with E-state index in [-0.39, 0.29) is 0 Å². The largest absolute Gasteiger partial charge is 0.0654 e. The molecule has 0 aromatic rings. The van der Waals surface area contributed by atoms with Crippen LogP contribution in [0.15, 0.2) is 0 Å². The molecule has 0 N–H and O–H groups in total. The molecule has 3 atom stereocenters. The van der Waals surface area contributed by atoms with E-state index in [1.807, 2.05) is 0 Å². The van der Waals surface area contributed by atoms with E-state index >= 15 is 0 Å². The van der Waals surface area contributed by atoms with Gasteiger partial charge in [0.05, 0.1) is 0 Å². The second-order valence-corrected chi connectivity index (χ2v) is 6.03. The Morgan fingerprint density at radius 3 is 1.81 bits per heavy atom. The van der Waals surface area contributed by atoms with Crippen LogP contribution in [0.3, 0.4) is 0 Å². The highest BCUT2D eigenvalue weighted by atomic mass is 14.1. The third kappa shape index (κ3) is 9.24. The number of unbranched alkanes of at least 4 members (excludes halogenated alkanes) is 1. The fourth-order valence-electron chi connectivity index (χ4n) is 2.48. The summed E-state index contributed by atoms with van der Waals surface area (Å²) in [4.78, 5) is 0. The molecule has 0 radical (unpaired) electrons. The molecule has 3 unspecified atom stereocenters. The monoisotopic (exact) mass is 226 g/mol. The summed E-state index contributed by atoms with van der Waals surface area (Å²) in [5.41, 5.74) is 0. The molecule has 0 aliphatic heterocycles. The van der Waals surface area contributed by atoms with E-state index in [0.29, 0.717) is 0 Å². The van der Waals surface area contributed by atoms with Gasteiger partial charge >= 0.3 is 0 Å². The quantitative estimate of drug-likeness (QED) is 0.425. The van der Waals surface area contributed by atoms with Crippen LogP contribution in [0.1, 0.15) is 86.0 Å². The average molecular weight is 226 g/mol. The summed E-state index contributed by atoms with van der Waals surface area (Å²) in [5, 5.41) is 0. The van der Waals surface area contributed by atoms with E-state index < -0.39 is 0 Å². The minimum atomic E-state index is 0.924. The highest BCUT2D eigenvalue weighted by Crippen LogP contribution is 2.22. The summed E-state index contributed by atoms with van der Waals surface area (Å²) in [6.07, 6.45) is 11.3. The summed E-state index contributed by atoms with van der Waals surface area (Å²) in [7, 11) is 0. The summed E-state index contributed by atoms with van der Waals surface area (Å²) < 4.78 is 0. The molecular formula is C16H34. The molecule has 0 nitrogen and oxygen atoms in total. The molecule has 0 saturated carbocycles. The van der Waals surface area contributed by atoms with Crippen LogP contribution in [-0.4, -0.2) is 0 Å². The zero-order valence-corrected chi connectivity index (χ0v) is 12.4. The van der Waals surface area contributed by atoms with Crippen LogP contribution in [0, 0.1) is 17.8 Å². The summed E-state index contributed by atoms with van der Waals surface area (Å²) >= 11 is 0. The van der Waals surface area contributed by atoms with E-state index in [9.17, 15) is 0 Å². The minimum Gasteiger partial charge on any atom is -0.0654 e. The summed E-state index contributed by atoms with van der Waals surface area (Å²) in [6, 6.07) is 0. The zero-order valence-electron chi connectivity index (χ0n) is 12.4. The fraction of sp³-hybridized carbons (Fsp3) is 1.00. The van der Waals surface area contributed by atoms with Gasteiger partial charge in [-0.05, 0) is 24.2 Å². The normalized spacial score (nSPS) is 17.1. The van der Waals surface area contributed by atoms with Crippen LogP contribution in [0.5, 0.6) is 0 Å². The van der Waals surface area contributed by atoms with Crippen molar-refractivity contribution in [2.45, 2.75) is 86.0 Å². The first kappa shape index (κ1) is 16.0. The van der Waals surface area contributed by atoms with E-state index in [1.165, 1.54) is 51.4 Å². The van der Waals surface area contributed by atoms with Gasteiger partial charge in [0, 0.05) is 0 Å². The van der Waals surface area contributed by atoms with Crippen molar-refractivity contribution in [3.63, 3.8) is 0 Å². The lowest BCUT2D eigenvalue weighted by atomic mass is 9.89. The van der Waals surface area contributed by atoms with E-state index in [0.717, 1.165) is 17.8 Å². The van der Waals surface area contributed by atoms with Crippen molar-refractivity contribution in [2.75, 3.05) is 0 Å². The lowest BCUT2D eigenvalue weighted by Crippen LogP contribution is -2.03. The van der Waals surface area contributed by atoms with Crippen LogP contribution >= 0.6 is 0 Å². The Hall–Kier alpha value is 0. The van der Waals surface area contributed by atoms with Crippen LogP contribution in [0.4, 0.5) is 0 Å². The van der Waals surface area contributed by atoms with Crippen LogP contribution < -0.4 is 0 Å². The summed E-state index contributed by atoms with van der Waals surface area (Å²) in [6.45, 7) is 11.9. The fourth-order valence-corrected chi connectivity index (χ4v) is 2.48. The molecule has 0 saturated heterocycles. The molecule has 0 aromatic heterocycles. The zero-order chi connectivity index (χ0) is 12.4. The predicted octanol–water partition coefficient (Wildman–Crippen LogP) is 6.06. The number of hydrogen-bond donors (Lipinski definition) is 0. The van der Waals surface area contributed by atoms with Crippen molar-refractivity contribution in [1.29, 1.82) is 0 Å². The molecule has 0 aromatic carbocycles. The maximum absolute atomic E-state index is 2.43. The maximum atomic E-state index is 2.43. The van der Waals surface area contributed by atoms with Gasteiger partial charge in [0.2, 0.25) is 0 Å². The molecule has 0 spiro atoms. The topological polar surface area (TPSA) is 0 Å². The van der Waals surface area contributed by atoms with Gasteiger partial charge in [0.15, 0.2) is 0 Å². The number of rotatable bonds is 10. The molecule has 98 valence electrons. The molecule has 0 heteroatoms. The van der Waals surface area contributed by atoms with Gasteiger partial charge in [-0.3, -0.25) is 0 Å². The second-order valence-electron chi connectivity index (χ2n) is 6.03. The molecule has 0 rings (SSSR count). The van der Waals surface area contributed by atoms with Gasteiger partial charge in [-0.15, -0.1) is 0 Å². The van der Waals surface area contributed by atoms with Crippen molar-refractivity contribution >= 4 is 0 Å². The van der Waals surface area contributed by atoms with Crippen molar-refractivity contribution < 1.29 is 0 Å². The van der Waals surface area contributed by atoms with Crippen molar-refractivity contribution in [3.05, 3.63) is 0 Å². The highest BCUT2D eigenvalue weighted by Gasteiger charge is 2.08. The third-order valence-corrected chi connectivity index (χ3v) is 3.95. The first-order chi connectivity index (χ1) is 7.60. The van der Waals surface area contributed by atoms with Crippen LogP contribution in [0.25, 0.3) is 0 Å². The Labute approximate surface area is 104 Å². The lowest BCUT2D eigenvalue weighted by Gasteiger charge is -2.17. The Balaban J connectivity index is 3.42.